The second kappa shape index (κ2) is 4.14. The van der Waals surface area contributed by atoms with Crippen LogP contribution >= 0.6 is 0 Å². The van der Waals surface area contributed by atoms with Crippen molar-refractivity contribution in [2.24, 2.45) is 5.73 Å². The molecular formula is C9H17N3O2. The maximum Gasteiger partial charge on any atom is 0.407 e. The molecule has 0 spiro atoms. The first-order chi connectivity index (χ1) is 6.74. The van der Waals surface area contributed by atoms with Crippen molar-refractivity contribution in [1.82, 2.24) is 10.2 Å². The molecule has 2 rings (SSSR count). The smallest absolute Gasteiger partial charge is 0.407 e. The van der Waals surface area contributed by atoms with E-state index in [-0.39, 0.29) is 18.2 Å². The van der Waals surface area contributed by atoms with Crippen molar-refractivity contribution in [3.63, 3.8) is 0 Å². The lowest BCUT2D eigenvalue weighted by Crippen LogP contribution is -2.46. The second-order valence-electron chi connectivity index (χ2n) is 4.07. The number of carbonyl (C=O) groups is 1. The van der Waals surface area contributed by atoms with Gasteiger partial charge in [0.05, 0.1) is 6.54 Å². The van der Waals surface area contributed by atoms with Gasteiger partial charge in [0.15, 0.2) is 0 Å². The van der Waals surface area contributed by atoms with Crippen LogP contribution in [0.1, 0.15) is 12.8 Å². The van der Waals surface area contributed by atoms with Crippen LogP contribution in [-0.4, -0.2) is 49.3 Å². The molecule has 0 aliphatic carbocycles. The summed E-state index contributed by atoms with van der Waals surface area (Å²) in [4.78, 5) is 13.1. The molecule has 2 heterocycles. The molecule has 2 aliphatic heterocycles. The number of rotatable bonds is 2. The molecule has 5 nitrogen and oxygen atoms in total. The molecule has 2 saturated heterocycles. The average Bonchev–Trinajstić information content (AvgIpc) is 2.51. The van der Waals surface area contributed by atoms with Gasteiger partial charge in [-0.25, -0.2) is 4.79 Å². The van der Waals surface area contributed by atoms with Crippen molar-refractivity contribution < 1.29 is 9.53 Å². The maximum absolute atomic E-state index is 10.8. The van der Waals surface area contributed by atoms with Crippen molar-refractivity contribution in [1.29, 1.82) is 0 Å². The quantitative estimate of drug-likeness (QED) is 0.630. The van der Waals surface area contributed by atoms with E-state index in [1.807, 2.05) is 0 Å². The number of nitrogens with zero attached hydrogens (tertiary/aromatic N) is 1. The number of nitrogens with one attached hydrogen (secondary N) is 1. The molecule has 3 N–H and O–H groups in total. The van der Waals surface area contributed by atoms with Crippen molar-refractivity contribution in [3.8, 4) is 0 Å². The standard InChI is InChI=1S/C9H17N3O2/c10-7-2-1-3-12(5-7)6-8-4-11-9(13)14-8/h7-8H,1-6,10H2,(H,11,13)/t7-,8?/m1/s1. The Hall–Kier alpha value is -0.810. The fraction of sp³-hybridized carbons (Fsp3) is 0.889. The van der Waals surface area contributed by atoms with Gasteiger partial charge >= 0.3 is 6.09 Å². The van der Waals surface area contributed by atoms with Crippen LogP contribution in [0, 0.1) is 0 Å². The third kappa shape index (κ3) is 2.36. The Morgan fingerprint density at radius 2 is 2.50 bits per heavy atom. The summed E-state index contributed by atoms with van der Waals surface area (Å²) in [6.07, 6.45) is 1.97. The normalized spacial score (nSPS) is 33.9. The minimum Gasteiger partial charge on any atom is -0.443 e. The van der Waals surface area contributed by atoms with Gasteiger partial charge in [0, 0.05) is 19.1 Å². The van der Waals surface area contributed by atoms with Crippen LogP contribution in [0.2, 0.25) is 0 Å². The number of hydrogen-bond acceptors (Lipinski definition) is 4. The van der Waals surface area contributed by atoms with Crippen LogP contribution in [0.25, 0.3) is 0 Å². The number of hydrogen-bond donors (Lipinski definition) is 2. The van der Waals surface area contributed by atoms with Crippen molar-refractivity contribution in [2.45, 2.75) is 25.0 Å². The van der Waals surface area contributed by atoms with Gasteiger partial charge in [-0.05, 0) is 19.4 Å². The van der Waals surface area contributed by atoms with Crippen molar-refractivity contribution >= 4 is 6.09 Å². The molecule has 14 heavy (non-hydrogen) atoms. The molecule has 0 bridgehead atoms. The molecule has 1 amide bonds. The van der Waals surface area contributed by atoms with E-state index in [1.165, 1.54) is 0 Å². The zero-order chi connectivity index (χ0) is 9.97. The highest BCUT2D eigenvalue weighted by atomic mass is 16.6. The van der Waals surface area contributed by atoms with Gasteiger partial charge in [-0.15, -0.1) is 0 Å². The fourth-order valence-electron chi connectivity index (χ4n) is 2.08. The van der Waals surface area contributed by atoms with Crippen LogP contribution in [0.15, 0.2) is 0 Å². The molecule has 80 valence electrons. The highest BCUT2D eigenvalue weighted by molar-refractivity contribution is 5.69. The summed E-state index contributed by atoms with van der Waals surface area (Å²) in [5, 5.41) is 2.65. The van der Waals surface area contributed by atoms with E-state index < -0.39 is 0 Å². The van der Waals surface area contributed by atoms with Crippen LogP contribution in [0.5, 0.6) is 0 Å². The summed E-state index contributed by atoms with van der Waals surface area (Å²) >= 11 is 0. The highest BCUT2D eigenvalue weighted by Gasteiger charge is 2.26. The van der Waals surface area contributed by atoms with Gasteiger partial charge in [0.2, 0.25) is 0 Å². The van der Waals surface area contributed by atoms with Crippen LogP contribution < -0.4 is 11.1 Å². The summed E-state index contributed by atoms with van der Waals surface area (Å²) < 4.78 is 5.07. The number of nitrogens with two attached hydrogens (primary N) is 1. The molecule has 0 aromatic heterocycles. The van der Waals surface area contributed by atoms with E-state index in [0.29, 0.717) is 6.54 Å². The lowest BCUT2D eigenvalue weighted by atomic mass is 10.1. The van der Waals surface area contributed by atoms with E-state index >= 15 is 0 Å². The molecule has 0 radical (unpaired) electrons. The molecular weight excluding hydrogens is 182 g/mol. The van der Waals surface area contributed by atoms with E-state index in [1.54, 1.807) is 0 Å². The topological polar surface area (TPSA) is 67.6 Å². The number of cyclic esters (lactones) is 1. The zero-order valence-corrected chi connectivity index (χ0v) is 8.24. The van der Waals surface area contributed by atoms with Crippen LogP contribution in [0.3, 0.4) is 0 Å². The van der Waals surface area contributed by atoms with Gasteiger partial charge in [0.25, 0.3) is 0 Å². The highest BCUT2D eigenvalue weighted by Crippen LogP contribution is 2.10. The number of alkyl carbamates (subject to hydrolysis) is 1. The molecule has 0 aromatic carbocycles. The largest absolute Gasteiger partial charge is 0.443 e. The monoisotopic (exact) mass is 199 g/mol. The minimum absolute atomic E-state index is 0.00722. The summed E-state index contributed by atoms with van der Waals surface area (Å²) in [5.74, 6) is 0. The number of carbonyl (C=O) groups excluding carboxylic acids is 1. The predicted octanol–water partition coefficient (Wildman–Crippen LogP) is -0.482. The van der Waals surface area contributed by atoms with Gasteiger partial charge in [-0.3, -0.25) is 4.90 Å². The first-order valence-corrected chi connectivity index (χ1v) is 5.16. The lowest BCUT2D eigenvalue weighted by Gasteiger charge is -2.31. The number of piperidine rings is 1. The Labute approximate surface area is 83.6 Å². The Morgan fingerprint density at radius 1 is 1.64 bits per heavy atom. The Morgan fingerprint density at radius 3 is 3.14 bits per heavy atom. The summed E-state index contributed by atoms with van der Waals surface area (Å²) in [6.45, 7) is 3.44. The summed E-state index contributed by atoms with van der Waals surface area (Å²) in [7, 11) is 0. The van der Waals surface area contributed by atoms with Gasteiger partial charge in [0.1, 0.15) is 6.10 Å². The number of ether oxygens (including phenoxy) is 1. The Bertz CT molecular complexity index is 222. The molecule has 2 atom stereocenters. The van der Waals surface area contributed by atoms with Crippen LogP contribution in [-0.2, 0) is 4.74 Å². The van der Waals surface area contributed by atoms with Gasteiger partial charge in [-0.1, -0.05) is 0 Å². The molecule has 1 unspecified atom stereocenters. The second-order valence-corrected chi connectivity index (χ2v) is 4.07. The molecule has 0 aromatic rings. The Kier molecular flexibility index (Phi) is 2.88. The lowest BCUT2D eigenvalue weighted by molar-refractivity contribution is 0.0967. The first-order valence-electron chi connectivity index (χ1n) is 5.16. The average molecular weight is 199 g/mol. The van der Waals surface area contributed by atoms with Gasteiger partial charge in [-0.2, -0.15) is 0 Å². The third-order valence-corrected chi connectivity index (χ3v) is 2.75. The number of likely N-dealkylation sites (tertiary alicyclic amines) is 1. The molecule has 2 fully saturated rings. The molecule has 0 saturated carbocycles. The van der Waals surface area contributed by atoms with E-state index in [0.717, 1.165) is 32.5 Å². The number of amides is 1. The third-order valence-electron chi connectivity index (χ3n) is 2.75. The summed E-state index contributed by atoms with van der Waals surface area (Å²) in [6, 6.07) is 0.286. The van der Waals surface area contributed by atoms with E-state index in [4.69, 9.17) is 10.5 Å². The first kappa shape index (κ1) is 9.73. The SMILES string of the molecule is N[C@@H]1CCCN(CC2CNC(=O)O2)C1. The zero-order valence-electron chi connectivity index (χ0n) is 8.24. The predicted molar refractivity (Wildman–Crippen MR) is 51.9 cm³/mol. The minimum atomic E-state index is -0.295. The van der Waals surface area contributed by atoms with E-state index in [2.05, 4.69) is 10.2 Å². The molecule has 2 aliphatic rings. The van der Waals surface area contributed by atoms with Gasteiger partial charge < -0.3 is 15.8 Å². The van der Waals surface area contributed by atoms with Crippen LogP contribution in [0.4, 0.5) is 4.79 Å². The summed E-state index contributed by atoms with van der Waals surface area (Å²) in [5.41, 5.74) is 5.86. The fourth-order valence-corrected chi connectivity index (χ4v) is 2.08. The van der Waals surface area contributed by atoms with E-state index in [9.17, 15) is 4.79 Å². The Balaban J connectivity index is 1.76. The maximum atomic E-state index is 10.8. The van der Waals surface area contributed by atoms with Crippen molar-refractivity contribution in [2.75, 3.05) is 26.2 Å². The molecule has 5 heteroatoms. The van der Waals surface area contributed by atoms with Crippen molar-refractivity contribution in [3.05, 3.63) is 0 Å².